The number of aldehydes is 1. The average molecular weight is 469 g/mol. The van der Waals surface area contributed by atoms with E-state index < -0.39 is 11.8 Å². The summed E-state index contributed by atoms with van der Waals surface area (Å²) >= 11 is 7.02. The van der Waals surface area contributed by atoms with E-state index in [0.717, 1.165) is 16.9 Å². The number of carbonyl (C=O) groups is 3. The summed E-state index contributed by atoms with van der Waals surface area (Å²) in [5.74, 6) is -0.832. The highest BCUT2D eigenvalue weighted by atomic mass is 35.5. The van der Waals surface area contributed by atoms with Gasteiger partial charge in [-0.05, 0) is 36.2 Å². The summed E-state index contributed by atoms with van der Waals surface area (Å²) in [6, 6.07) is 15.2. The summed E-state index contributed by atoms with van der Waals surface area (Å²) in [6.45, 7) is 0.362. The lowest BCUT2D eigenvalue weighted by Gasteiger charge is -2.20. The van der Waals surface area contributed by atoms with Crippen molar-refractivity contribution in [2.75, 3.05) is 18.9 Å². The minimum absolute atomic E-state index is 0.0244. The molecule has 1 aromatic heterocycles. The van der Waals surface area contributed by atoms with Crippen molar-refractivity contribution in [3.8, 4) is 0 Å². The maximum atomic E-state index is 13.2. The van der Waals surface area contributed by atoms with Crippen LogP contribution in [0.25, 0.3) is 0 Å². The number of likely N-dealkylation sites (N-methyl/N-ethyl adjacent to an activating group) is 1. The minimum Gasteiger partial charge on any atom is -0.384 e. The Bertz CT molecular complexity index is 1190. The Balaban J connectivity index is 1.80. The smallest absolute Gasteiger partial charge is 0.265 e. The highest BCUT2D eigenvalue weighted by molar-refractivity contribution is 7.18. The number of halogens is 1. The van der Waals surface area contributed by atoms with Crippen LogP contribution in [0.1, 0.15) is 41.5 Å². The monoisotopic (exact) mass is 468 g/mol. The fraction of sp³-hybridized carbons (Fsp3) is 0.130. The van der Waals surface area contributed by atoms with E-state index in [0.29, 0.717) is 34.0 Å². The molecule has 0 radical (unpaired) electrons. The first kappa shape index (κ1) is 23.2. The number of benzene rings is 2. The van der Waals surface area contributed by atoms with Gasteiger partial charge in [-0.15, -0.1) is 11.3 Å². The van der Waals surface area contributed by atoms with Crippen molar-refractivity contribution < 1.29 is 14.4 Å². The molecular weight excluding hydrogens is 448 g/mol. The van der Waals surface area contributed by atoms with Gasteiger partial charge < -0.3 is 16.0 Å². The largest absolute Gasteiger partial charge is 0.384 e. The molecule has 0 saturated carbocycles. The average Bonchev–Trinajstić information content (AvgIpc) is 3.23. The zero-order valence-corrected chi connectivity index (χ0v) is 18.8. The van der Waals surface area contributed by atoms with Crippen LogP contribution < -0.4 is 11.1 Å². The quantitative estimate of drug-likeness (QED) is 0.262. The lowest BCUT2D eigenvalue weighted by Crippen LogP contribution is -2.31. The molecule has 164 valence electrons. The molecule has 0 fully saturated rings. The number of amidine groups is 1. The number of hydrogen-bond donors (Lipinski definition) is 3. The third-order valence-electron chi connectivity index (χ3n) is 4.80. The lowest BCUT2D eigenvalue weighted by atomic mass is 10.0. The maximum absolute atomic E-state index is 13.2. The summed E-state index contributed by atoms with van der Waals surface area (Å²) in [5, 5.41) is 10.3. The van der Waals surface area contributed by atoms with Crippen molar-refractivity contribution in [1.82, 2.24) is 4.90 Å². The highest BCUT2D eigenvalue weighted by Crippen LogP contribution is 2.25. The first-order valence-electron chi connectivity index (χ1n) is 9.64. The lowest BCUT2D eigenvalue weighted by molar-refractivity contribution is 0.0794. The molecular formula is C23H21ClN4O3S. The maximum Gasteiger partial charge on any atom is 0.265 e. The normalized spacial score (nSPS) is 10.4. The van der Waals surface area contributed by atoms with Gasteiger partial charge in [0.15, 0.2) is 6.29 Å². The van der Waals surface area contributed by atoms with Gasteiger partial charge in [-0.1, -0.05) is 41.9 Å². The van der Waals surface area contributed by atoms with Crippen LogP contribution >= 0.6 is 22.9 Å². The third-order valence-corrected chi connectivity index (χ3v) is 6.03. The Kier molecular flexibility index (Phi) is 7.40. The van der Waals surface area contributed by atoms with Crippen molar-refractivity contribution in [2.45, 2.75) is 6.42 Å². The molecule has 2 amide bonds. The zero-order valence-electron chi connectivity index (χ0n) is 17.2. The summed E-state index contributed by atoms with van der Waals surface area (Å²) in [5.41, 5.74) is 7.63. The van der Waals surface area contributed by atoms with E-state index in [1.54, 1.807) is 49.5 Å². The Labute approximate surface area is 194 Å². The first-order valence-corrected chi connectivity index (χ1v) is 10.8. The molecule has 9 heteroatoms. The summed E-state index contributed by atoms with van der Waals surface area (Å²) in [6.07, 6.45) is 1.12. The van der Waals surface area contributed by atoms with Crippen molar-refractivity contribution in [3.05, 3.63) is 86.1 Å². The van der Waals surface area contributed by atoms with E-state index >= 15 is 0 Å². The van der Waals surface area contributed by atoms with Gasteiger partial charge in [0.25, 0.3) is 11.8 Å². The van der Waals surface area contributed by atoms with Gasteiger partial charge in [0.2, 0.25) is 0 Å². The van der Waals surface area contributed by atoms with Gasteiger partial charge in [0.05, 0.1) is 20.5 Å². The molecule has 0 bridgehead atoms. The van der Waals surface area contributed by atoms with E-state index in [-0.39, 0.29) is 22.6 Å². The third kappa shape index (κ3) is 5.40. The molecule has 3 aromatic rings. The molecule has 0 aliphatic heterocycles. The van der Waals surface area contributed by atoms with E-state index in [4.69, 9.17) is 22.7 Å². The van der Waals surface area contributed by atoms with Crippen LogP contribution in [0.2, 0.25) is 4.34 Å². The Morgan fingerprint density at radius 2 is 1.94 bits per heavy atom. The van der Waals surface area contributed by atoms with Gasteiger partial charge in [0.1, 0.15) is 5.84 Å². The van der Waals surface area contributed by atoms with Crippen molar-refractivity contribution >= 4 is 52.6 Å². The molecule has 0 aliphatic carbocycles. The van der Waals surface area contributed by atoms with Gasteiger partial charge in [-0.25, -0.2) is 0 Å². The molecule has 0 aliphatic rings. The minimum atomic E-state index is -0.414. The molecule has 0 atom stereocenters. The molecule has 1 heterocycles. The van der Waals surface area contributed by atoms with Crippen LogP contribution in [0.5, 0.6) is 0 Å². The number of nitrogens with zero attached hydrogens (tertiary/aromatic N) is 1. The van der Waals surface area contributed by atoms with Crippen LogP contribution in [0, 0.1) is 5.41 Å². The van der Waals surface area contributed by atoms with Crippen LogP contribution in [0.4, 0.5) is 5.69 Å². The number of nitrogens with one attached hydrogen (secondary N) is 2. The zero-order chi connectivity index (χ0) is 23.3. The van der Waals surface area contributed by atoms with Crippen molar-refractivity contribution in [2.24, 2.45) is 5.73 Å². The summed E-state index contributed by atoms with van der Waals surface area (Å²) in [7, 11) is 1.63. The molecule has 0 unspecified atom stereocenters. The molecule has 2 aromatic carbocycles. The van der Waals surface area contributed by atoms with E-state index in [2.05, 4.69) is 5.32 Å². The van der Waals surface area contributed by atoms with E-state index in [1.165, 1.54) is 11.0 Å². The molecule has 7 nitrogen and oxygen atoms in total. The fourth-order valence-electron chi connectivity index (χ4n) is 3.12. The van der Waals surface area contributed by atoms with Gasteiger partial charge in [-0.3, -0.25) is 19.8 Å². The number of nitrogen functional groups attached to an aromatic ring is 1. The molecule has 3 rings (SSSR count). The van der Waals surface area contributed by atoms with Crippen LogP contribution in [0.3, 0.4) is 0 Å². The van der Waals surface area contributed by atoms with Gasteiger partial charge >= 0.3 is 0 Å². The Morgan fingerprint density at radius 1 is 1.19 bits per heavy atom. The van der Waals surface area contributed by atoms with E-state index in [9.17, 15) is 14.4 Å². The number of rotatable bonds is 8. The first-order chi connectivity index (χ1) is 15.3. The van der Waals surface area contributed by atoms with Crippen LogP contribution in [-0.4, -0.2) is 42.4 Å². The fourth-order valence-corrected chi connectivity index (χ4v) is 4.05. The van der Waals surface area contributed by atoms with Gasteiger partial charge in [0, 0.05) is 24.7 Å². The number of thiophene rings is 1. The second-order valence-corrected chi connectivity index (χ2v) is 8.75. The van der Waals surface area contributed by atoms with Crippen molar-refractivity contribution in [1.29, 1.82) is 5.41 Å². The highest BCUT2D eigenvalue weighted by Gasteiger charge is 2.22. The number of nitrogens with two attached hydrogens (primary N) is 1. The number of hydrogen-bond acceptors (Lipinski definition) is 5. The van der Waals surface area contributed by atoms with Crippen LogP contribution in [-0.2, 0) is 6.42 Å². The number of amides is 2. The predicted octanol–water partition coefficient (Wildman–Crippen LogP) is 4.07. The molecule has 0 saturated heterocycles. The van der Waals surface area contributed by atoms with Crippen LogP contribution in [0.15, 0.2) is 54.6 Å². The number of anilines is 1. The Morgan fingerprint density at radius 3 is 2.59 bits per heavy atom. The summed E-state index contributed by atoms with van der Waals surface area (Å²) in [4.78, 5) is 39.3. The second kappa shape index (κ2) is 10.2. The molecule has 4 N–H and O–H groups in total. The standard InChI is InChI=1S/C23H21ClN4O3S/c1-28(11-10-14-4-2-5-15(12-14)21(25)26)23(31)20-16(13-29)6-3-7-17(20)27-22(30)18-8-9-19(24)32-18/h2-9,12-13H,10-11H2,1H3,(H3,25,26)(H,27,30). The molecule has 0 spiro atoms. The summed E-state index contributed by atoms with van der Waals surface area (Å²) < 4.78 is 0.474. The SMILES string of the molecule is CN(CCc1cccc(C(=N)N)c1)C(=O)c1c(C=O)cccc1NC(=O)c1ccc(Cl)s1. The van der Waals surface area contributed by atoms with Crippen molar-refractivity contribution in [3.63, 3.8) is 0 Å². The molecule has 32 heavy (non-hydrogen) atoms. The topological polar surface area (TPSA) is 116 Å². The van der Waals surface area contributed by atoms with E-state index in [1.807, 2.05) is 6.07 Å². The second-order valence-electron chi connectivity index (χ2n) is 7.04. The Hall–Kier alpha value is -3.49. The van der Waals surface area contributed by atoms with Gasteiger partial charge in [-0.2, -0.15) is 0 Å². The predicted molar refractivity (Wildman–Crippen MR) is 127 cm³/mol. The number of carbonyl (C=O) groups excluding carboxylic acids is 3.